The van der Waals surface area contributed by atoms with E-state index in [-0.39, 0.29) is 36.8 Å². The van der Waals surface area contributed by atoms with E-state index >= 15 is 0 Å². The minimum Gasteiger partial charge on any atom is -0.484 e. The summed E-state index contributed by atoms with van der Waals surface area (Å²) in [6, 6.07) is 11.8. The van der Waals surface area contributed by atoms with Crippen molar-refractivity contribution in [2.24, 2.45) is 0 Å². The van der Waals surface area contributed by atoms with Crippen molar-refractivity contribution in [1.82, 2.24) is 10.2 Å². The molecule has 2 aromatic carbocycles. The molecule has 0 bridgehead atoms. The smallest absolute Gasteiger partial charge is 0.261 e. The maximum atomic E-state index is 13.0. The second-order valence-corrected chi connectivity index (χ2v) is 7.32. The largest absolute Gasteiger partial charge is 0.484 e. The van der Waals surface area contributed by atoms with Crippen molar-refractivity contribution in [2.75, 3.05) is 6.61 Å². The standard InChI is InChI=1S/C22H26ClFN2O3/c1-4-15(2)25-22(28)16(3)26(13-17-6-5-7-18(23)12-17)21(27)14-29-20-10-8-19(24)9-11-20/h5-12,15-16H,4,13-14H2,1-3H3,(H,25,28)/t15-,16+/m1/s1. The summed E-state index contributed by atoms with van der Waals surface area (Å²) in [7, 11) is 0. The van der Waals surface area contributed by atoms with Gasteiger partial charge in [-0.1, -0.05) is 30.7 Å². The van der Waals surface area contributed by atoms with E-state index < -0.39 is 6.04 Å². The highest BCUT2D eigenvalue weighted by atomic mass is 35.5. The van der Waals surface area contributed by atoms with Crippen LogP contribution in [0.3, 0.4) is 0 Å². The molecule has 2 amide bonds. The molecule has 156 valence electrons. The quantitative estimate of drug-likeness (QED) is 0.661. The second-order valence-electron chi connectivity index (χ2n) is 6.89. The minimum absolute atomic E-state index is 0.00327. The topological polar surface area (TPSA) is 58.6 Å². The molecule has 0 saturated heterocycles. The fraction of sp³-hybridized carbons (Fsp3) is 0.364. The zero-order valence-corrected chi connectivity index (χ0v) is 17.6. The van der Waals surface area contributed by atoms with Crippen LogP contribution >= 0.6 is 11.6 Å². The molecule has 0 aliphatic rings. The van der Waals surface area contributed by atoms with Crippen LogP contribution in [0, 0.1) is 5.82 Å². The molecule has 0 aliphatic heterocycles. The Morgan fingerprint density at radius 2 is 1.86 bits per heavy atom. The molecule has 1 N–H and O–H groups in total. The van der Waals surface area contributed by atoms with Gasteiger partial charge in [0.2, 0.25) is 5.91 Å². The van der Waals surface area contributed by atoms with Gasteiger partial charge in [-0.25, -0.2) is 4.39 Å². The van der Waals surface area contributed by atoms with Gasteiger partial charge in [0.05, 0.1) is 0 Å². The summed E-state index contributed by atoms with van der Waals surface area (Å²) in [6.45, 7) is 5.50. The van der Waals surface area contributed by atoms with Gasteiger partial charge in [0, 0.05) is 17.6 Å². The Labute approximate surface area is 175 Å². The molecule has 0 aromatic heterocycles. The molecular formula is C22H26ClFN2O3. The zero-order chi connectivity index (χ0) is 21.4. The molecule has 0 aliphatic carbocycles. The molecule has 29 heavy (non-hydrogen) atoms. The van der Waals surface area contributed by atoms with Crippen LogP contribution in [0.1, 0.15) is 32.8 Å². The van der Waals surface area contributed by atoms with Gasteiger partial charge in [-0.15, -0.1) is 0 Å². The summed E-state index contributed by atoms with van der Waals surface area (Å²) >= 11 is 6.05. The number of benzene rings is 2. The number of ether oxygens (including phenoxy) is 1. The van der Waals surface area contributed by atoms with E-state index in [2.05, 4.69) is 5.32 Å². The lowest BCUT2D eigenvalue weighted by Gasteiger charge is -2.29. The summed E-state index contributed by atoms with van der Waals surface area (Å²) in [5.41, 5.74) is 0.802. The Morgan fingerprint density at radius 3 is 2.48 bits per heavy atom. The molecule has 2 rings (SSSR count). The van der Waals surface area contributed by atoms with Gasteiger partial charge < -0.3 is 15.0 Å². The molecule has 2 atom stereocenters. The third-order valence-electron chi connectivity index (χ3n) is 4.59. The monoisotopic (exact) mass is 420 g/mol. The van der Waals surface area contributed by atoms with Gasteiger partial charge in [0.15, 0.2) is 6.61 Å². The maximum absolute atomic E-state index is 13.0. The van der Waals surface area contributed by atoms with E-state index in [0.717, 1.165) is 12.0 Å². The van der Waals surface area contributed by atoms with Crippen molar-refractivity contribution < 1.29 is 18.7 Å². The van der Waals surface area contributed by atoms with Crippen LogP contribution in [0.5, 0.6) is 5.75 Å². The first-order chi connectivity index (χ1) is 13.8. The lowest BCUT2D eigenvalue weighted by Crippen LogP contribution is -2.50. The van der Waals surface area contributed by atoms with Gasteiger partial charge >= 0.3 is 0 Å². The number of carbonyl (C=O) groups is 2. The molecule has 7 heteroatoms. The fourth-order valence-electron chi connectivity index (χ4n) is 2.64. The molecule has 0 spiro atoms. The number of nitrogens with one attached hydrogen (secondary N) is 1. The average Bonchev–Trinajstić information content (AvgIpc) is 2.70. The molecule has 2 aromatic rings. The first kappa shape index (κ1) is 22.7. The summed E-state index contributed by atoms with van der Waals surface area (Å²) in [5.74, 6) is -0.613. The number of hydrogen-bond donors (Lipinski definition) is 1. The van der Waals surface area contributed by atoms with Crippen molar-refractivity contribution in [2.45, 2.75) is 45.8 Å². The molecule has 5 nitrogen and oxygen atoms in total. The summed E-state index contributed by atoms with van der Waals surface area (Å²) in [6.07, 6.45) is 0.786. The predicted molar refractivity (Wildman–Crippen MR) is 111 cm³/mol. The van der Waals surface area contributed by atoms with Crippen LogP contribution in [-0.4, -0.2) is 35.4 Å². The van der Waals surface area contributed by atoms with E-state index in [1.807, 2.05) is 19.9 Å². The number of nitrogens with zero attached hydrogens (tertiary/aromatic N) is 1. The number of rotatable bonds is 9. The van der Waals surface area contributed by atoms with Crippen molar-refractivity contribution >= 4 is 23.4 Å². The van der Waals surface area contributed by atoms with Crippen molar-refractivity contribution in [1.29, 1.82) is 0 Å². The highest BCUT2D eigenvalue weighted by Gasteiger charge is 2.27. The maximum Gasteiger partial charge on any atom is 0.261 e. The van der Waals surface area contributed by atoms with Crippen molar-refractivity contribution in [3.05, 3.63) is 64.9 Å². The minimum atomic E-state index is -0.702. The fourth-order valence-corrected chi connectivity index (χ4v) is 2.85. The van der Waals surface area contributed by atoms with Gasteiger partial charge in [-0.3, -0.25) is 9.59 Å². The molecule has 0 heterocycles. The Kier molecular flexibility index (Phi) is 8.46. The normalized spacial score (nSPS) is 12.7. The molecule has 0 unspecified atom stereocenters. The Morgan fingerprint density at radius 1 is 1.17 bits per heavy atom. The molecule has 0 saturated carbocycles. The lowest BCUT2D eigenvalue weighted by atomic mass is 10.1. The summed E-state index contributed by atoms with van der Waals surface area (Å²) in [5, 5.41) is 3.45. The van der Waals surface area contributed by atoms with E-state index in [4.69, 9.17) is 16.3 Å². The summed E-state index contributed by atoms with van der Waals surface area (Å²) < 4.78 is 18.5. The van der Waals surface area contributed by atoms with Crippen LogP contribution in [0.4, 0.5) is 4.39 Å². The number of amides is 2. The van der Waals surface area contributed by atoms with Gasteiger partial charge in [-0.05, 0) is 62.2 Å². The highest BCUT2D eigenvalue weighted by molar-refractivity contribution is 6.30. The molecule has 0 radical (unpaired) electrons. The van der Waals surface area contributed by atoms with Crippen molar-refractivity contribution in [3.8, 4) is 5.75 Å². The second kappa shape index (κ2) is 10.8. The van der Waals surface area contributed by atoms with E-state index in [1.165, 1.54) is 29.2 Å². The summed E-state index contributed by atoms with van der Waals surface area (Å²) in [4.78, 5) is 27.0. The molecule has 0 fully saturated rings. The van der Waals surface area contributed by atoms with Crippen LogP contribution in [-0.2, 0) is 16.1 Å². The van der Waals surface area contributed by atoms with E-state index in [0.29, 0.717) is 10.8 Å². The number of hydrogen-bond acceptors (Lipinski definition) is 3. The van der Waals surface area contributed by atoms with Gasteiger partial charge in [-0.2, -0.15) is 0 Å². The number of carbonyl (C=O) groups excluding carboxylic acids is 2. The third-order valence-corrected chi connectivity index (χ3v) is 4.82. The highest BCUT2D eigenvalue weighted by Crippen LogP contribution is 2.16. The zero-order valence-electron chi connectivity index (χ0n) is 16.8. The number of halogens is 2. The van der Waals surface area contributed by atoms with Crippen LogP contribution < -0.4 is 10.1 Å². The van der Waals surface area contributed by atoms with Crippen LogP contribution in [0.2, 0.25) is 5.02 Å². The molecular weight excluding hydrogens is 395 g/mol. The van der Waals surface area contributed by atoms with Gasteiger partial charge in [0.25, 0.3) is 5.91 Å². The SMILES string of the molecule is CC[C@@H](C)NC(=O)[C@H](C)N(Cc1cccc(Cl)c1)C(=O)COc1ccc(F)cc1. The van der Waals surface area contributed by atoms with Crippen LogP contribution in [0.25, 0.3) is 0 Å². The van der Waals surface area contributed by atoms with Crippen molar-refractivity contribution in [3.63, 3.8) is 0 Å². The third kappa shape index (κ3) is 7.06. The first-order valence-electron chi connectivity index (χ1n) is 9.52. The average molecular weight is 421 g/mol. The van der Waals surface area contributed by atoms with Crippen LogP contribution in [0.15, 0.2) is 48.5 Å². The van der Waals surface area contributed by atoms with Gasteiger partial charge in [0.1, 0.15) is 17.6 Å². The Bertz CT molecular complexity index is 829. The predicted octanol–water partition coefficient (Wildman–Crippen LogP) is 4.19. The Hall–Kier alpha value is -2.60. The van der Waals surface area contributed by atoms with E-state index in [1.54, 1.807) is 25.1 Å². The van der Waals surface area contributed by atoms with E-state index in [9.17, 15) is 14.0 Å². The Balaban J connectivity index is 2.14. The lowest BCUT2D eigenvalue weighted by molar-refractivity contribution is -0.142. The first-order valence-corrected chi connectivity index (χ1v) is 9.90.